The van der Waals surface area contributed by atoms with Crippen LogP contribution in [0.3, 0.4) is 0 Å². The van der Waals surface area contributed by atoms with Crippen LogP contribution in [-0.4, -0.2) is 0 Å². The molecule has 2 atom stereocenters. The molecule has 3 aromatic carbocycles. The van der Waals surface area contributed by atoms with Gasteiger partial charge in [-0.3, -0.25) is 0 Å². The summed E-state index contributed by atoms with van der Waals surface area (Å²) in [4.78, 5) is 0. The number of rotatable bonds is 5. The van der Waals surface area contributed by atoms with Crippen LogP contribution in [0.4, 0.5) is 0 Å². The van der Waals surface area contributed by atoms with Gasteiger partial charge in [-0.05, 0) is 57.9 Å². The molecule has 0 spiro atoms. The van der Waals surface area contributed by atoms with E-state index in [-0.39, 0.29) is 0 Å². The van der Waals surface area contributed by atoms with Crippen LogP contribution < -0.4 is 0 Å². The van der Waals surface area contributed by atoms with Crippen LogP contribution in [0.15, 0.2) is 54.6 Å². The van der Waals surface area contributed by atoms with Gasteiger partial charge in [-0.1, -0.05) is 81.3 Å². The highest BCUT2D eigenvalue weighted by molar-refractivity contribution is 5.92. The van der Waals surface area contributed by atoms with Crippen LogP contribution in [0.5, 0.6) is 0 Å². The molecule has 0 heteroatoms. The normalized spacial score (nSPS) is 17.3. The van der Waals surface area contributed by atoms with Crippen molar-refractivity contribution in [1.29, 1.82) is 0 Å². The first kappa shape index (κ1) is 15.4. The van der Waals surface area contributed by atoms with E-state index in [4.69, 9.17) is 0 Å². The first-order chi connectivity index (χ1) is 11.8. The first-order valence-electron chi connectivity index (χ1n) is 9.30. The molecule has 3 aromatic rings. The molecule has 0 saturated heterocycles. The fourth-order valence-electron chi connectivity index (χ4n) is 4.38. The van der Waals surface area contributed by atoms with Gasteiger partial charge < -0.3 is 0 Å². The molecule has 0 fully saturated rings. The lowest BCUT2D eigenvalue weighted by atomic mass is 9.83. The summed E-state index contributed by atoms with van der Waals surface area (Å²) in [7, 11) is 0. The van der Waals surface area contributed by atoms with E-state index in [0.29, 0.717) is 11.8 Å². The minimum absolute atomic E-state index is 0.500. The fourth-order valence-corrected chi connectivity index (χ4v) is 4.38. The largest absolute Gasteiger partial charge is 0.0654 e. The van der Waals surface area contributed by atoms with Crippen LogP contribution in [0.2, 0.25) is 0 Å². The van der Waals surface area contributed by atoms with Crippen LogP contribution >= 0.6 is 0 Å². The van der Waals surface area contributed by atoms with Crippen molar-refractivity contribution in [3.8, 4) is 0 Å². The fraction of sp³-hybridized carbons (Fsp3) is 0.333. The molecule has 0 aromatic heterocycles. The second kappa shape index (κ2) is 6.43. The third kappa shape index (κ3) is 2.55. The molecule has 0 nitrogen and oxygen atoms in total. The molecule has 0 N–H and O–H groups in total. The molecule has 0 heterocycles. The summed E-state index contributed by atoms with van der Waals surface area (Å²) < 4.78 is 0. The lowest BCUT2D eigenvalue weighted by Gasteiger charge is -2.21. The summed E-state index contributed by atoms with van der Waals surface area (Å²) in [5.74, 6) is 1.11. The van der Waals surface area contributed by atoms with E-state index < -0.39 is 0 Å². The van der Waals surface area contributed by atoms with Gasteiger partial charge in [0.1, 0.15) is 0 Å². The van der Waals surface area contributed by atoms with Gasteiger partial charge in [0.05, 0.1) is 0 Å². The zero-order valence-corrected chi connectivity index (χ0v) is 14.7. The van der Waals surface area contributed by atoms with E-state index in [9.17, 15) is 0 Å². The summed E-state index contributed by atoms with van der Waals surface area (Å²) in [5.41, 5.74) is 6.04. The van der Waals surface area contributed by atoms with Gasteiger partial charge in [0.2, 0.25) is 0 Å². The van der Waals surface area contributed by atoms with Crippen molar-refractivity contribution >= 4 is 10.8 Å². The first-order valence-corrected chi connectivity index (χ1v) is 9.30. The average Bonchev–Trinajstić information content (AvgIpc) is 3.01. The second-order valence-electron chi connectivity index (χ2n) is 7.22. The Bertz CT molecular complexity index is 854. The van der Waals surface area contributed by atoms with E-state index in [0.717, 1.165) is 6.42 Å². The summed E-state index contributed by atoms with van der Waals surface area (Å²) in [5, 5.41) is 2.88. The van der Waals surface area contributed by atoms with Crippen molar-refractivity contribution in [2.24, 2.45) is 0 Å². The van der Waals surface area contributed by atoms with E-state index in [1.165, 1.54) is 52.3 Å². The zero-order chi connectivity index (χ0) is 16.5. The van der Waals surface area contributed by atoms with E-state index in [2.05, 4.69) is 74.5 Å². The Hall–Kier alpha value is -2.08. The summed E-state index contributed by atoms with van der Waals surface area (Å²) in [6.07, 6.45) is 4.97. The number of benzene rings is 3. The summed E-state index contributed by atoms with van der Waals surface area (Å²) in [6, 6.07) is 23.5. The Kier molecular flexibility index (Phi) is 4.14. The Morgan fingerprint density at radius 3 is 2.75 bits per heavy atom. The number of hydrogen-bond acceptors (Lipinski definition) is 0. The quantitative estimate of drug-likeness (QED) is 0.496. The van der Waals surface area contributed by atoms with Crippen molar-refractivity contribution < 1.29 is 0 Å². The Labute approximate surface area is 145 Å². The van der Waals surface area contributed by atoms with Crippen molar-refractivity contribution in [2.45, 2.75) is 51.4 Å². The third-order valence-corrected chi connectivity index (χ3v) is 5.65. The molecule has 0 amide bonds. The lowest BCUT2D eigenvalue weighted by molar-refractivity contribution is 0.615. The standard InChI is InChI=1S/C24H25/c1-3-4-9-17(2)20-13-5-6-14-21(20)23-16-19-12-7-10-18-11-8-15-22(23)24(18)19/h6-8,10-15,17,23H,3-4,9,16H2,1-2H3. The summed E-state index contributed by atoms with van der Waals surface area (Å²) in [6.45, 7) is 4.66. The van der Waals surface area contributed by atoms with Crippen LogP contribution in [-0.2, 0) is 6.42 Å². The molecule has 1 radical (unpaired) electrons. The summed E-state index contributed by atoms with van der Waals surface area (Å²) >= 11 is 0. The maximum atomic E-state index is 3.33. The molecule has 1 aliphatic rings. The van der Waals surface area contributed by atoms with E-state index in [1.807, 2.05) is 0 Å². The van der Waals surface area contributed by atoms with Gasteiger partial charge in [-0.2, -0.15) is 0 Å². The molecule has 1 aliphatic carbocycles. The maximum Gasteiger partial charge on any atom is 0.0139 e. The SMILES string of the molecule is CCCCC(C)c1c[c]ccc1C1Cc2cccc3cccc1c23. The average molecular weight is 313 g/mol. The van der Waals surface area contributed by atoms with E-state index >= 15 is 0 Å². The molecule has 24 heavy (non-hydrogen) atoms. The molecule has 4 rings (SSSR count). The highest BCUT2D eigenvalue weighted by atomic mass is 14.3. The van der Waals surface area contributed by atoms with Crippen molar-refractivity contribution in [3.05, 3.63) is 82.9 Å². The molecule has 0 saturated carbocycles. The monoisotopic (exact) mass is 313 g/mol. The highest BCUT2D eigenvalue weighted by Crippen LogP contribution is 2.44. The Morgan fingerprint density at radius 2 is 1.92 bits per heavy atom. The molecular formula is C24H25. The molecular weight excluding hydrogens is 288 g/mol. The minimum atomic E-state index is 0.500. The van der Waals surface area contributed by atoms with Gasteiger partial charge in [0, 0.05) is 5.92 Å². The Balaban J connectivity index is 1.78. The molecule has 0 aliphatic heterocycles. The van der Waals surface area contributed by atoms with Crippen LogP contribution in [0.25, 0.3) is 10.8 Å². The predicted octanol–water partition coefficient (Wildman–Crippen LogP) is 6.62. The van der Waals surface area contributed by atoms with Gasteiger partial charge >= 0.3 is 0 Å². The van der Waals surface area contributed by atoms with Crippen LogP contribution in [0, 0.1) is 6.07 Å². The molecule has 121 valence electrons. The van der Waals surface area contributed by atoms with Gasteiger partial charge in [0.15, 0.2) is 0 Å². The van der Waals surface area contributed by atoms with Crippen molar-refractivity contribution in [1.82, 2.24) is 0 Å². The highest BCUT2D eigenvalue weighted by Gasteiger charge is 2.27. The van der Waals surface area contributed by atoms with E-state index in [1.54, 1.807) is 0 Å². The van der Waals surface area contributed by atoms with Crippen LogP contribution in [0.1, 0.15) is 67.2 Å². The minimum Gasteiger partial charge on any atom is -0.0654 e. The zero-order valence-electron chi connectivity index (χ0n) is 14.7. The lowest BCUT2D eigenvalue weighted by Crippen LogP contribution is -2.06. The molecule has 2 unspecified atom stereocenters. The third-order valence-electron chi connectivity index (χ3n) is 5.65. The number of hydrogen-bond donors (Lipinski definition) is 0. The number of unbranched alkanes of at least 4 members (excludes halogenated alkanes) is 1. The second-order valence-corrected chi connectivity index (χ2v) is 7.22. The van der Waals surface area contributed by atoms with Gasteiger partial charge in [-0.15, -0.1) is 0 Å². The van der Waals surface area contributed by atoms with Gasteiger partial charge in [0.25, 0.3) is 0 Å². The smallest absolute Gasteiger partial charge is 0.0139 e. The maximum absolute atomic E-state index is 3.33. The Morgan fingerprint density at radius 1 is 1.08 bits per heavy atom. The topological polar surface area (TPSA) is 0 Å². The van der Waals surface area contributed by atoms with Crippen molar-refractivity contribution in [3.63, 3.8) is 0 Å². The molecule has 0 bridgehead atoms. The van der Waals surface area contributed by atoms with Gasteiger partial charge in [-0.25, -0.2) is 0 Å². The predicted molar refractivity (Wildman–Crippen MR) is 103 cm³/mol. The van der Waals surface area contributed by atoms with Crippen molar-refractivity contribution in [2.75, 3.05) is 0 Å².